The molecule has 67 heavy (non-hydrogen) atoms. The Morgan fingerprint density at radius 2 is 1.78 bits per heavy atom. The van der Waals surface area contributed by atoms with Gasteiger partial charge < -0.3 is 38.8 Å². The molecule has 1 aromatic heterocycles. The predicted molar refractivity (Wildman–Crippen MR) is 248 cm³/mol. The zero-order chi connectivity index (χ0) is 47.5. The van der Waals surface area contributed by atoms with Gasteiger partial charge in [0.05, 0.1) is 32.9 Å². The highest BCUT2D eigenvalue weighted by Crippen LogP contribution is 2.68. The van der Waals surface area contributed by atoms with Crippen molar-refractivity contribution in [2.24, 2.45) is 11.3 Å². The number of aliphatic hydroxyl groups is 1. The Bertz CT molecular complexity index is 2770. The number of ether oxygens (including phenoxy) is 4. The molecule has 2 N–H and O–H groups in total. The number of para-hydroxylation sites is 1. The first-order valence-electron chi connectivity index (χ1n) is 23.3. The third-order valence-electron chi connectivity index (χ3n) is 16.5. The van der Waals surface area contributed by atoms with Gasteiger partial charge in [-0.2, -0.15) is 0 Å². The maximum Gasteiger partial charge on any atom is 0.344 e. The van der Waals surface area contributed by atoms with E-state index in [-0.39, 0.29) is 37.3 Å². The second kappa shape index (κ2) is 15.7. The molecule has 0 unspecified atom stereocenters. The van der Waals surface area contributed by atoms with Crippen molar-refractivity contribution in [1.82, 2.24) is 19.7 Å². The largest absolute Gasteiger partial charge is 0.496 e. The number of fused-ring (bicyclic) bond motifs is 7. The third kappa shape index (κ3) is 5.73. The standard InChI is InChI=1S/C52H59N5O10/c1-9-19-57-42(59)34-23-33-32-15-12-13-16-37(32)53-41(33)51(47(61)65-7,26-31-22-30(10-2)27-56(28-31)40(34)43(57)60)36-24-35-38(25-39(36)64-6)54(5)45-50(35)18-21-55-20-14-17-49(11-3,44(50)55)46(67-29(4)58)52(45,63)48(62)66-8/h9,12-17,22,24-25,31,44-46,53,63H,1,10-11,18-21,23,26-28H2,2-8H3/t31-,44+,45-,46-,49-,50-,51+,52+/m1/s1. The van der Waals surface area contributed by atoms with Crippen LogP contribution in [0.25, 0.3) is 10.9 Å². The minimum Gasteiger partial charge on any atom is -0.496 e. The summed E-state index contributed by atoms with van der Waals surface area (Å²) in [6.07, 6.45) is 8.31. The number of carbonyl (C=O) groups excluding carboxylic acids is 5. The molecule has 1 spiro atoms. The Kier molecular flexibility index (Phi) is 10.5. The number of benzene rings is 2. The summed E-state index contributed by atoms with van der Waals surface area (Å²) in [6, 6.07) is 10.3. The molecule has 1 saturated carbocycles. The maximum absolute atomic E-state index is 15.7. The Morgan fingerprint density at radius 3 is 2.46 bits per heavy atom. The number of likely N-dealkylation sites (N-methyl/N-ethyl adjacent to an activating group) is 1. The van der Waals surface area contributed by atoms with Gasteiger partial charge in [0.1, 0.15) is 16.9 Å². The number of hydrogen-bond donors (Lipinski definition) is 2. The van der Waals surface area contributed by atoms with Crippen LogP contribution in [0.4, 0.5) is 5.69 Å². The first kappa shape index (κ1) is 44.6. The highest BCUT2D eigenvalue weighted by molar-refractivity contribution is 6.19. The average molecular weight is 914 g/mol. The number of aromatic nitrogens is 1. The summed E-state index contributed by atoms with van der Waals surface area (Å²) in [6.45, 7) is 11.2. The Balaban J connectivity index is 1.30. The number of anilines is 1. The number of methoxy groups -OCH3 is 3. The zero-order valence-electron chi connectivity index (χ0n) is 39.3. The predicted octanol–water partition coefficient (Wildman–Crippen LogP) is 4.61. The number of aromatic amines is 1. The number of H-pyrrole nitrogens is 1. The van der Waals surface area contributed by atoms with Crippen LogP contribution in [0.1, 0.15) is 68.8 Å². The Labute approximate surface area is 390 Å². The lowest BCUT2D eigenvalue weighted by Gasteiger charge is -2.63. The van der Waals surface area contributed by atoms with E-state index in [9.17, 15) is 24.3 Å². The van der Waals surface area contributed by atoms with Crippen LogP contribution in [0.2, 0.25) is 0 Å². The molecule has 3 aromatic rings. The van der Waals surface area contributed by atoms with Crippen LogP contribution >= 0.6 is 0 Å². The number of imide groups is 1. The van der Waals surface area contributed by atoms with E-state index in [2.05, 4.69) is 29.5 Å². The summed E-state index contributed by atoms with van der Waals surface area (Å²) < 4.78 is 24.1. The van der Waals surface area contributed by atoms with Crippen LogP contribution in [0.15, 0.2) is 84.1 Å². The molecule has 1 aliphatic carbocycles. The van der Waals surface area contributed by atoms with E-state index < -0.39 is 57.8 Å². The number of carbonyl (C=O) groups is 5. The summed E-state index contributed by atoms with van der Waals surface area (Å²) in [5.41, 5.74) is -0.368. The SMILES string of the molecule is C=CCN1C(=O)C2=C(C1=O)N1CC(CC)=C[C@@H](C1)C[C@](C(=O)OC)(c1cc3c(cc1OC)N(C)[C@H]1[C@@](O)(C(=O)OC)[C@H](OC(C)=O)[C@]4(CC)C=CCN5CC[C@]31[C@@H]54)c1[nH]c3ccccc3c1C2. The second-order valence-electron chi connectivity index (χ2n) is 19.4. The Hall–Kier alpha value is -6.19. The number of rotatable bonds is 9. The number of nitrogens with one attached hydrogen (secondary N) is 1. The van der Waals surface area contributed by atoms with E-state index in [0.717, 1.165) is 22.0 Å². The fraction of sp³-hybridized carbons (Fsp3) is 0.481. The van der Waals surface area contributed by atoms with Gasteiger partial charge in [0.2, 0.25) is 5.60 Å². The summed E-state index contributed by atoms with van der Waals surface area (Å²) in [5.74, 6) is -2.86. The van der Waals surface area contributed by atoms with Gasteiger partial charge in [0.25, 0.3) is 11.8 Å². The van der Waals surface area contributed by atoms with Gasteiger partial charge >= 0.3 is 17.9 Å². The molecular weight excluding hydrogens is 855 g/mol. The topological polar surface area (TPSA) is 171 Å². The summed E-state index contributed by atoms with van der Waals surface area (Å²) in [7, 11) is 6.00. The van der Waals surface area contributed by atoms with E-state index in [1.54, 1.807) is 13.2 Å². The van der Waals surface area contributed by atoms with Crippen molar-refractivity contribution >= 4 is 46.3 Å². The van der Waals surface area contributed by atoms with Gasteiger partial charge in [-0.3, -0.25) is 29.0 Å². The van der Waals surface area contributed by atoms with E-state index in [4.69, 9.17) is 18.9 Å². The van der Waals surface area contributed by atoms with Crippen LogP contribution < -0.4 is 9.64 Å². The van der Waals surface area contributed by atoms with Gasteiger partial charge in [0, 0.05) is 97.4 Å². The molecule has 15 heteroatoms. The smallest absolute Gasteiger partial charge is 0.344 e. The van der Waals surface area contributed by atoms with Crippen molar-refractivity contribution in [2.75, 3.05) is 66.0 Å². The molecule has 0 radical (unpaired) electrons. The highest BCUT2D eigenvalue weighted by atomic mass is 16.6. The lowest BCUT2D eigenvalue weighted by molar-refractivity contribution is -0.228. The normalized spacial score (nSPS) is 31.7. The molecular formula is C52H59N5O10. The number of nitrogens with zero attached hydrogens (tertiary/aromatic N) is 4. The van der Waals surface area contributed by atoms with Crippen molar-refractivity contribution in [3.8, 4) is 5.75 Å². The van der Waals surface area contributed by atoms with E-state index >= 15 is 4.79 Å². The van der Waals surface area contributed by atoms with Crippen molar-refractivity contribution in [3.05, 3.63) is 107 Å². The summed E-state index contributed by atoms with van der Waals surface area (Å²) >= 11 is 0. The summed E-state index contributed by atoms with van der Waals surface area (Å²) in [4.78, 5) is 83.6. The lowest BCUT2D eigenvalue weighted by atomic mass is 9.47. The van der Waals surface area contributed by atoms with E-state index in [1.807, 2.05) is 72.3 Å². The molecule has 7 aliphatic rings. The third-order valence-corrected chi connectivity index (χ3v) is 16.5. The molecule has 8 atom stereocenters. The minimum atomic E-state index is -2.37. The molecule has 15 nitrogen and oxygen atoms in total. The number of hydrogen-bond acceptors (Lipinski definition) is 13. The molecule has 6 aliphatic heterocycles. The fourth-order valence-electron chi connectivity index (χ4n) is 14.2. The quantitative estimate of drug-likeness (QED) is 0.132. The fourth-order valence-corrected chi connectivity index (χ4v) is 14.2. The van der Waals surface area contributed by atoms with Gasteiger partial charge in [0.15, 0.2) is 6.10 Å². The molecule has 2 amide bonds. The van der Waals surface area contributed by atoms with Crippen molar-refractivity contribution in [3.63, 3.8) is 0 Å². The van der Waals surface area contributed by atoms with Crippen LogP contribution in [0.5, 0.6) is 5.75 Å². The number of amides is 2. The molecule has 7 heterocycles. The monoisotopic (exact) mass is 913 g/mol. The first-order chi connectivity index (χ1) is 32.2. The molecule has 1 saturated heterocycles. The Morgan fingerprint density at radius 1 is 1.01 bits per heavy atom. The van der Waals surface area contributed by atoms with Crippen LogP contribution in [0.3, 0.4) is 0 Å². The van der Waals surface area contributed by atoms with Crippen LogP contribution in [-0.4, -0.2) is 139 Å². The van der Waals surface area contributed by atoms with Gasteiger partial charge in [-0.25, -0.2) is 4.79 Å². The minimum absolute atomic E-state index is 0.0338. The van der Waals surface area contributed by atoms with Gasteiger partial charge in [-0.1, -0.05) is 61.9 Å². The van der Waals surface area contributed by atoms with Crippen LogP contribution in [0, 0.1) is 11.3 Å². The molecule has 2 fully saturated rings. The molecule has 10 rings (SSSR count). The van der Waals surface area contributed by atoms with E-state index in [1.165, 1.54) is 26.0 Å². The zero-order valence-corrected chi connectivity index (χ0v) is 39.3. The maximum atomic E-state index is 15.7. The van der Waals surface area contributed by atoms with Crippen molar-refractivity contribution in [2.45, 2.75) is 87.5 Å². The van der Waals surface area contributed by atoms with Gasteiger partial charge in [-0.05, 0) is 61.4 Å². The van der Waals surface area contributed by atoms with E-state index in [0.29, 0.717) is 85.0 Å². The van der Waals surface area contributed by atoms with Gasteiger partial charge in [-0.15, -0.1) is 6.58 Å². The second-order valence-corrected chi connectivity index (χ2v) is 19.4. The highest BCUT2D eigenvalue weighted by Gasteiger charge is 2.80. The average Bonchev–Trinajstić information content (AvgIpc) is 4.04. The first-order valence-corrected chi connectivity index (χ1v) is 23.3. The van der Waals surface area contributed by atoms with Crippen molar-refractivity contribution < 1.29 is 48.0 Å². The van der Waals surface area contributed by atoms with Crippen LogP contribution in [-0.2, 0) is 55.4 Å². The molecule has 2 bridgehead atoms. The number of esters is 3. The lowest BCUT2D eigenvalue weighted by Crippen LogP contribution is -2.81. The summed E-state index contributed by atoms with van der Waals surface area (Å²) in [5, 5.41) is 14.2. The molecule has 2 aromatic carbocycles. The van der Waals surface area contributed by atoms with Crippen molar-refractivity contribution in [1.29, 1.82) is 0 Å². The molecule has 352 valence electrons.